The topological polar surface area (TPSA) is 106 Å². The number of aromatic hydroxyl groups is 1. The molecular weight excluding hydrogens is 240 g/mol. The second-order valence-electron chi connectivity index (χ2n) is 3.99. The molecule has 2 rings (SSSR count). The lowest BCUT2D eigenvalue weighted by atomic mass is 9.80. The summed E-state index contributed by atoms with van der Waals surface area (Å²) in [5.41, 5.74) is -0.963. The second-order valence-corrected chi connectivity index (χ2v) is 3.99. The predicted molar refractivity (Wildman–Crippen MR) is 59.4 cm³/mol. The minimum Gasteiger partial charge on any atom is -0.500 e. The van der Waals surface area contributed by atoms with Crippen molar-refractivity contribution in [3.8, 4) is 17.6 Å². The summed E-state index contributed by atoms with van der Waals surface area (Å²) in [6, 6.07) is 4.69. The van der Waals surface area contributed by atoms with E-state index in [9.17, 15) is 15.2 Å². The van der Waals surface area contributed by atoms with Gasteiger partial charge in [-0.1, -0.05) is 0 Å². The van der Waals surface area contributed by atoms with Crippen LogP contribution in [0.3, 0.4) is 0 Å². The quantitative estimate of drug-likeness (QED) is 0.636. The summed E-state index contributed by atoms with van der Waals surface area (Å²) in [5.74, 6) is -0.569. The van der Waals surface area contributed by atoms with Gasteiger partial charge in [-0.05, 0) is 11.6 Å². The van der Waals surface area contributed by atoms with Gasteiger partial charge in [-0.3, -0.25) is 10.1 Å². The van der Waals surface area contributed by atoms with E-state index in [0.29, 0.717) is 5.56 Å². The number of rotatable bonds is 3. The zero-order chi connectivity index (χ0) is 13.3. The number of nitro benzene ring substituents is 1. The molecule has 7 nitrogen and oxygen atoms in total. The predicted octanol–water partition coefficient (Wildman–Crippen LogP) is 1.10. The highest BCUT2D eigenvalue weighted by Gasteiger charge is 2.42. The highest BCUT2D eigenvalue weighted by atomic mass is 16.6. The highest BCUT2D eigenvalue weighted by Crippen LogP contribution is 2.42. The molecule has 94 valence electrons. The largest absolute Gasteiger partial charge is 0.500 e. The number of phenols is 1. The van der Waals surface area contributed by atoms with Crippen LogP contribution >= 0.6 is 0 Å². The zero-order valence-electron chi connectivity index (χ0n) is 9.54. The van der Waals surface area contributed by atoms with Gasteiger partial charge in [0, 0.05) is 6.07 Å². The first-order chi connectivity index (χ1) is 8.54. The molecule has 0 radical (unpaired) electrons. The maximum atomic E-state index is 10.8. The molecule has 0 saturated carbocycles. The molecule has 0 bridgehead atoms. The lowest BCUT2D eigenvalue weighted by Gasteiger charge is -2.35. The van der Waals surface area contributed by atoms with Crippen LogP contribution in [0.25, 0.3) is 0 Å². The van der Waals surface area contributed by atoms with Gasteiger partial charge in [0.25, 0.3) is 0 Å². The van der Waals surface area contributed by atoms with Crippen molar-refractivity contribution in [2.24, 2.45) is 0 Å². The summed E-state index contributed by atoms with van der Waals surface area (Å²) in [5, 5.41) is 29.6. The van der Waals surface area contributed by atoms with Gasteiger partial charge in [-0.2, -0.15) is 5.26 Å². The van der Waals surface area contributed by atoms with Crippen LogP contribution in [0.4, 0.5) is 5.69 Å². The molecule has 1 aliphatic rings. The fourth-order valence-electron chi connectivity index (χ4n) is 1.77. The molecule has 0 aliphatic carbocycles. The summed E-state index contributed by atoms with van der Waals surface area (Å²) in [6.45, 7) is 0.350. The van der Waals surface area contributed by atoms with Crippen LogP contribution in [0.2, 0.25) is 0 Å². The number of methoxy groups -OCH3 is 1. The first kappa shape index (κ1) is 12.1. The molecule has 1 saturated heterocycles. The van der Waals surface area contributed by atoms with Gasteiger partial charge >= 0.3 is 5.69 Å². The molecule has 0 atom stereocenters. The summed E-state index contributed by atoms with van der Waals surface area (Å²) < 4.78 is 9.87. The molecule has 0 amide bonds. The normalized spacial score (nSPS) is 16.4. The molecule has 1 N–H and O–H groups in total. The Balaban J connectivity index is 2.60. The van der Waals surface area contributed by atoms with Crippen molar-refractivity contribution in [3.05, 3.63) is 27.8 Å². The molecule has 1 aliphatic heterocycles. The van der Waals surface area contributed by atoms with Crippen LogP contribution in [-0.4, -0.2) is 30.4 Å². The Morgan fingerprint density at radius 2 is 2.28 bits per heavy atom. The van der Waals surface area contributed by atoms with Gasteiger partial charge in [-0.25, -0.2) is 0 Å². The lowest BCUT2D eigenvalue weighted by Crippen LogP contribution is -2.45. The van der Waals surface area contributed by atoms with Gasteiger partial charge in [0.1, 0.15) is 5.41 Å². The van der Waals surface area contributed by atoms with Crippen LogP contribution in [0.1, 0.15) is 5.56 Å². The Hall–Kier alpha value is -2.33. The molecular formula is C11H10N2O5. The minimum atomic E-state index is -0.897. The van der Waals surface area contributed by atoms with Gasteiger partial charge in [0.05, 0.1) is 31.3 Å². The number of hydrogen-bond acceptors (Lipinski definition) is 6. The number of nitrogens with zero attached hydrogens (tertiary/aromatic N) is 2. The SMILES string of the molecule is COc1cc(C2(C#N)COC2)cc([N+](=O)[O-])c1O. The average Bonchev–Trinajstić information content (AvgIpc) is 2.29. The van der Waals surface area contributed by atoms with E-state index < -0.39 is 21.8 Å². The minimum absolute atomic E-state index is 0.0271. The maximum Gasteiger partial charge on any atom is 0.314 e. The van der Waals surface area contributed by atoms with Crippen LogP contribution in [0.15, 0.2) is 12.1 Å². The van der Waals surface area contributed by atoms with E-state index in [1.54, 1.807) is 0 Å². The van der Waals surface area contributed by atoms with E-state index in [1.807, 2.05) is 0 Å². The third-order valence-corrected chi connectivity index (χ3v) is 2.93. The molecule has 1 aromatic carbocycles. The molecule has 1 aromatic rings. The third-order valence-electron chi connectivity index (χ3n) is 2.93. The number of benzene rings is 1. The van der Waals surface area contributed by atoms with Gasteiger partial charge in [-0.15, -0.1) is 0 Å². The fraction of sp³-hybridized carbons (Fsp3) is 0.364. The lowest BCUT2D eigenvalue weighted by molar-refractivity contribution is -0.386. The van der Waals surface area contributed by atoms with E-state index >= 15 is 0 Å². The number of phenolic OH excluding ortho intramolecular Hbond substituents is 1. The Morgan fingerprint density at radius 1 is 1.61 bits per heavy atom. The molecule has 0 unspecified atom stereocenters. The Morgan fingerprint density at radius 3 is 2.67 bits per heavy atom. The Bertz CT molecular complexity index is 545. The van der Waals surface area contributed by atoms with E-state index in [-0.39, 0.29) is 19.0 Å². The van der Waals surface area contributed by atoms with E-state index in [4.69, 9.17) is 14.7 Å². The average molecular weight is 250 g/mol. The maximum absolute atomic E-state index is 10.8. The van der Waals surface area contributed by atoms with Crippen molar-refractivity contribution in [2.75, 3.05) is 20.3 Å². The van der Waals surface area contributed by atoms with Crippen molar-refractivity contribution in [3.63, 3.8) is 0 Å². The van der Waals surface area contributed by atoms with Crippen LogP contribution in [-0.2, 0) is 10.2 Å². The van der Waals surface area contributed by atoms with Crippen LogP contribution < -0.4 is 4.74 Å². The van der Waals surface area contributed by atoms with E-state index in [2.05, 4.69) is 6.07 Å². The number of ether oxygens (including phenoxy) is 2. The molecule has 7 heteroatoms. The third kappa shape index (κ3) is 1.63. The second kappa shape index (κ2) is 4.16. The monoisotopic (exact) mass is 250 g/mol. The van der Waals surface area contributed by atoms with Crippen molar-refractivity contribution in [2.45, 2.75) is 5.41 Å². The van der Waals surface area contributed by atoms with Gasteiger partial charge < -0.3 is 14.6 Å². The van der Waals surface area contributed by atoms with Crippen molar-refractivity contribution >= 4 is 5.69 Å². The first-order valence-corrected chi connectivity index (χ1v) is 5.09. The van der Waals surface area contributed by atoms with Gasteiger partial charge in [0.15, 0.2) is 5.75 Å². The summed E-state index contributed by atoms with van der Waals surface area (Å²) in [4.78, 5) is 10.1. The van der Waals surface area contributed by atoms with Crippen molar-refractivity contribution in [1.29, 1.82) is 5.26 Å². The van der Waals surface area contributed by atoms with Crippen LogP contribution in [0.5, 0.6) is 11.5 Å². The number of hydrogen-bond donors (Lipinski definition) is 1. The number of nitro groups is 1. The molecule has 0 spiro atoms. The molecule has 1 fully saturated rings. The van der Waals surface area contributed by atoms with Crippen molar-refractivity contribution < 1.29 is 19.5 Å². The smallest absolute Gasteiger partial charge is 0.314 e. The standard InChI is InChI=1S/C11H10N2O5/c1-17-9-3-7(11(4-12)5-18-6-11)2-8(10(9)14)13(15)16/h2-3,14H,5-6H2,1H3. The van der Waals surface area contributed by atoms with Crippen molar-refractivity contribution in [1.82, 2.24) is 0 Å². The first-order valence-electron chi connectivity index (χ1n) is 5.09. The summed E-state index contributed by atoms with van der Waals surface area (Å²) in [7, 11) is 1.29. The molecule has 0 aromatic heterocycles. The Labute approximate surface area is 102 Å². The van der Waals surface area contributed by atoms with E-state index in [0.717, 1.165) is 0 Å². The van der Waals surface area contributed by atoms with Crippen LogP contribution in [0, 0.1) is 21.4 Å². The summed E-state index contributed by atoms with van der Waals surface area (Å²) in [6.07, 6.45) is 0. The molecule has 18 heavy (non-hydrogen) atoms. The zero-order valence-corrected chi connectivity index (χ0v) is 9.54. The summed E-state index contributed by atoms with van der Waals surface area (Å²) >= 11 is 0. The fourth-order valence-corrected chi connectivity index (χ4v) is 1.77. The van der Waals surface area contributed by atoms with E-state index in [1.165, 1.54) is 19.2 Å². The Kier molecular flexibility index (Phi) is 2.80. The van der Waals surface area contributed by atoms with Gasteiger partial charge in [0.2, 0.25) is 5.75 Å². The number of nitriles is 1. The molecule has 1 heterocycles. The highest BCUT2D eigenvalue weighted by molar-refractivity contribution is 5.59.